The summed E-state index contributed by atoms with van der Waals surface area (Å²) in [6, 6.07) is 14.7. The van der Waals surface area contributed by atoms with E-state index < -0.39 is 5.97 Å². The van der Waals surface area contributed by atoms with E-state index in [0.29, 0.717) is 12.1 Å². The molecule has 0 radical (unpaired) electrons. The second kappa shape index (κ2) is 6.02. The molecule has 0 spiro atoms. The van der Waals surface area contributed by atoms with Crippen LogP contribution >= 0.6 is 0 Å². The predicted molar refractivity (Wildman–Crippen MR) is 77.0 cm³/mol. The molecule has 0 saturated heterocycles. The maximum absolute atomic E-state index is 11.3. The number of amides is 1. The van der Waals surface area contributed by atoms with E-state index >= 15 is 0 Å². The molecule has 2 aromatic rings. The van der Waals surface area contributed by atoms with E-state index in [4.69, 9.17) is 0 Å². The van der Waals surface area contributed by atoms with E-state index in [1.165, 1.54) is 13.0 Å². The van der Waals surface area contributed by atoms with Crippen LogP contribution in [0.2, 0.25) is 0 Å². The van der Waals surface area contributed by atoms with Crippen LogP contribution in [0.1, 0.15) is 28.4 Å². The van der Waals surface area contributed by atoms with Crippen LogP contribution in [0.15, 0.2) is 48.5 Å². The minimum atomic E-state index is -1.05. The van der Waals surface area contributed by atoms with E-state index in [1.807, 2.05) is 36.4 Å². The second-order valence-corrected chi connectivity index (χ2v) is 4.49. The Labute approximate surface area is 117 Å². The van der Waals surface area contributed by atoms with Gasteiger partial charge in [-0.25, -0.2) is 4.79 Å². The van der Waals surface area contributed by atoms with Gasteiger partial charge in [-0.05, 0) is 23.6 Å². The molecule has 0 aliphatic carbocycles. The van der Waals surface area contributed by atoms with Gasteiger partial charge < -0.3 is 10.4 Å². The third-order valence-corrected chi connectivity index (χ3v) is 2.92. The quantitative estimate of drug-likeness (QED) is 0.896. The molecular weight excluding hydrogens is 254 g/mol. The van der Waals surface area contributed by atoms with Gasteiger partial charge >= 0.3 is 5.97 Å². The number of carbonyl (C=O) groups excluding carboxylic acids is 1. The lowest BCUT2D eigenvalue weighted by atomic mass is 10.00. The largest absolute Gasteiger partial charge is 0.478 e. The van der Waals surface area contributed by atoms with Crippen molar-refractivity contribution < 1.29 is 14.7 Å². The number of anilines is 1. The van der Waals surface area contributed by atoms with Crippen LogP contribution in [0.3, 0.4) is 0 Å². The van der Waals surface area contributed by atoms with E-state index in [-0.39, 0.29) is 11.5 Å². The lowest BCUT2D eigenvalue weighted by Gasteiger charge is -2.13. The van der Waals surface area contributed by atoms with Gasteiger partial charge in [-0.1, -0.05) is 42.5 Å². The molecule has 20 heavy (non-hydrogen) atoms. The summed E-state index contributed by atoms with van der Waals surface area (Å²) in [5, 5.41) is 11.8. The number of benzene rings is 2. The van der Waals surface area contributed by atoms with Crippen LogP contribution in [0, 0.1) is 0 Å². The van der Waals surface area contributed by atoms with Gasteiger partial charge in [-0.3, -0.25) is 4.79 Å². The van der Waals surface area contributed by atoms with E-state index in [9.17, 15) is 14.7 Å². The summed E-state index contributed by atoms with van der Waals surface area (Å²) in [6.45, 7) is 1.37. The minimum absolute atomic E-state index is 0.105. The molecule has 2 rings (SSSR count). The number of carboxylic acids is 1. The van der Waals surface area contributed by atoms with Gasteiger partial charge in [0.1, 0.15) is 0 Å². The van der Waals surface area contributed by atoms with E-state index in [1.54, 1.807) is 6.07 Å². The fraction of sp³-hybridized carbons (Fsp3) is 0.125. The Balaban J connectivity index is 2.43. The maximum Gasteiger partial charge on any atom is 0.337 e. The molecule has 0 aromatic heterocycles. The second-order valence-electron chi connectivity index (χ2n) is 4.49. The number of rotatable bonds is 4. The summed E-state index contributed by atoms with van der Waals surface area (Å²) in [6.07, 6.45) is 0.567. The molecule has 0 bridgehead atoms. The summed E-state index contributed by atoms with van der Waals surface area (Å²) in [5.41, 5.74) is 2.32. The summed E-state index contributed by atoms with van der Waals surface area (Å²) in [4.78, 5) is 22.5. The van der Waals surface area contributed by atoms with Crippen molar-refractivity contribution in [2.75, 3.05) is 5.32 Å². The molecule has 102 valence electrons. The van der Waals surface area contributed by atoms with Crippen molar-refractivity contribution in [3.63, 3.8) is 0 Å². The SMILES string of the molecule is CC(=O)Nc1c(Cc2ccccc2)cccc1C(=O)O. The highest BCUT2D eigenvalue weighted by atomic mass is 16.4. The van der Waals surface area contributed by atoms with Crippen LogP contribution < -0.4 is 5.32 Å². The average molecular weight is 269 g/mol. The van der Waals surface area contributed by atoms with Crippen molar-refractivity contribution in [1.82, 2.24) is 0 Å². The Bertz CT molecular complexity index is 635. The molecule has 0 heterocycles. The van der Waals surface area contributed by atoms with Crippen molar-refractivity contribution in [3.05, 3.63) is 65.2 Å². The van der Waals surface area contributed by atoms with Gasteiger partial charge in [0, 0.05) is 6.92 Å². The summed E-state index contributed by atoms with van der Waals surface area (Å²) in [5.74, 6) is -1.34. The number of para-hydroxylation sites is 1. The van der Waals surface area contributed by atoms with Gasteiger partial charge in [0.05, 0.1) is 11.3 Å². The lowest BCUT2D eigenvalue weighted by Crippen LogP contribution is -2.13. The van der Waals surface area contributed by atoms with Gasteiger partial charge in [0.2, 0.25) is 5.91 Å². The predicted octanol–water partition coefficient (Wildman–Crippen LogP) is 2.93. The third-order valence-electron chi connectivity index (χ3n) is 2.92. The fourth-order valence-electron chi connectivity index (χ4n) is 2.07. The Morgan fingerprint density at radius 1 is 1.05 bits per heavy atom. The topological polar surface area (TPSA) is 66.4 Å². The normalized spacial score (nSPS) is 10.1. The van der Waals surface area contributed by atoms with Gasteiger partial charge in [-0.2, -0.15) is 0 Å². The summed E-state index contributed by atoms with van der Waals surface area (Å²) < 4.78 is 0. The zero-order valence-corrected chi connectivity index (χ0v) is 11.1. The Hall–Kier alpha value is -2.62. The molecule has 0 aliphatic rings. The van der Waals surface area contributed by atoms with Crippen molar-refractivity contribution in [2.24, 2.45) is 0 Å². The Kier molecular flexibility index (Phi) is 4.15. The highest BCUT2D eigenvalue weighted by molar-refractivity contribution is 6.00. The van der Waals surface area contributed by atoms with Gasteiger partial charge in [-0.15, -0.1) is 0 Å². The molecule has 0 aliphatic heterocycles. The molecule has 0 saturated carbocycles. The molecule has 4 heteroatoms. The van der Waals surface area contributed by atoms with Crippen molar-refractivity contribution in [3.8, 4) is 0 Å². The molecule has 0 unspecified atom stereocenters. The van der Waals surface area contributed by atoms with Crippen LogP contribution in [0.4, 0.5) is 5.69 Å². The monoisotopic (exact) mass is 269 g/mol. The first kappa shape index (κ1) is 13.8. The highest BCUT2D eigenvalue weighted by Gasteiger charge is 2.15. The molecule has 0 fully saturated rings. The first-order valence-corrected chi connectivity index (χ1v) is 6.24. The number of hydrogen-bond acceptors (Lipinski definition) is 2. The number of hydrogen-bond donors (Lipinski definition) is 2. The standard InChI is InChI=1S/C16H15NO3/c1-11(18)17-15-13(8-5-9-14(15)16(19)20)10-12-6-3-2-4-7-12/h2-9H,10H2,1H3,(H,17,18)(H,19,20). The van der Waals surface area contributed by atoms with Crippen LogP contribution in [0.5, 0.6) is 0 Å². The average Bonchev–Trinajstić information content (AvgIpc) is 2.41. The first-order valence-electron chi connectivity index (χ1n) is 6.24. The molecule has 4 nitrogen and oxygen atoms in total. The number of carboxylic acid groups (broad SMARTS) is 1. The Morgan fingerprint density at radius 2 is 1.75 bits per heavy atom. The van der Waals surface area contributed by atoms with Crippen LogP contribution in [-0.2, 0) is 11.2 Å². The molecular formula is C16H15NO3. The molecule has 1 amide bonds. The Morgan fingerprint density at radius 3 is 2.35 bits per heavy atom. The summed E-state index contributed by atoms with van der Waals surface area (Å²) in [7, 11) is 0. The maximum atomic E-state index is 11.3. The smallest absolute Gasteiger partial charge is 0.337 e. The molecule has 2 N–H and O–H groups in total. The van der Waals surface area contributed by atoms with E-state index in [0.717, 1.165) is 11.1 Å². The highest BCUT2D eigenvalue weighted by Crippen LogP contribution is 2.24. The van der Waals surface area contributed by atoms with Crippen molar-refractivity contribution in [2.45, 2.75) is 13.3 Å². The number of aromatic carboxylic acids is 1. The third kappa shape index (κ3) is 3.23. The van der Waals surface area contributed by atoms with Crippen LogP contribution in [0.25, 0.3) is 0 Å². The number of nitrogens with one attached hydrogen (secondary N) is 1. The molecule has 2 aromatic carbocycles. The van der Waals surface area contributed by atoms with E-state index in [2.05, 4.69) is 5.32 Å². The zero-order valence-electron chi connectivity index (χ0n) is 11.1. The van der Waals surface area contributed by atoms with Crippen molar-refractivity contribution in [1.29, 1.82) is 0 Å². The van der Waals surface area contributed by atoms with Gasteiger partial charge in [0.15, 0.2) is 0 Å². The molecule has 0 atom stereocenters. The minimum Gasteiger partial charge on any atom is -0.478 e. The van der Waals surface area contributed by atoms with Gasteiger partial charge in [0.25, 0.3) is 0 Å². The van der Waals surface area contributed by atoms with Crippen LogP contribution in [-0.4, -0.2) is 17.0 Å². The van der Waals surface area contributed by atoms with Crippen molar-refractivity contribution >= 4 is 17.6 Å². The number of carbonyl (C=O) groups is 2. The zero-order chi connectivity index (χ0) is 14.5. The summed E-state index contributed by atoms with van der Waals surface area (Å²) >= 11 is 0. The lowest BCUT2D eigenvalue weighted by molar-refractivity contribution is -0.114. The fourth-order valence-corrected chi connectivity index (χ4v) is 2.07. The first-order chi connectivity index (χ1) is 9.58.